The maximum atomic E-state index is 12.7. The van der Waals surface area contributed by atoms with E-state index in [-0.39, 0.29) is 11.5 Å². The van der Waals surface area contributed by atoms with Crippen LogP contribution < -0.4 is 10.7 Å². The van der Waals surface area contributed by atoms with Crippen LogP contribution in [-0.2, 0) is 10.3 Å². The predicted octanol–water partition coefficient (Wildman–Crippen LogP) is 1.94. The first-order valence-corrected chi connectivity index (χ1v) is 7.86. The van der Waals surface area contributed by atoms with Crippen LogP contribution in [0.15, 0.2) is 59.2 Å². The number of imide groups is 1. The van der Waals surface area contributed by atoms with E-state index in [1.807, 2.05) is 18.2 Å². The molecule has 3 heterocycles. The second kappa shape index (κ2) is 5.69. The fourth-order valence-corrected chi connectivity index (χ4v) is 2.82. The van der Waals surface area contributed by atoms with Gasteiger partial charge in [-0.2, -0.15) is 5.01 Å². The van der Waals surface area contributed by atoms with E-state index in [4.69, 9.17) is 4.42 Å². The van der Waals surface area contributed by atoms with Crippen LogP contribution in [0, 0.1) is 0 Å². The molecule has 1 aromatic carbocycles. The van der Waals surface area contributed by atoms with E-state index in [1.54, 1.807) is 24.3 Å². The summed E-state index contributed by atoms with van der Waals surface area (Å²) in [5, 5.41) is 4.05. The first-order chi connectivity index (χ1) is 12.5. The highest BCUT2D eigenvalue weighted by atomic mass is 16.3. The topological polar surface area (TPSA) is 105 Å². The summed E-state index contributed by atoms with van der Waals surface area (Å²) in [6, 6.07) is 13.0. The quantitative estimate of drug-likeness (QED) is 0.703. The van der Waals surface area contributed by atoms with Gasteiger partial charge in [0, 0.05) is 5.39 Å². The van der Waals surface area contributed by atoms with Crippen molar-refractivity contribution in [1.82, 2.24) is 20.7 Å². The molecule has 0 bridgehead atoms. The van der Waals surface area contributed by atoms with Gasteiger partial charge in [-0.3, -0.25) is 15.0 Å². The summed E-state index contributed by atoms with van der Waals surface area (Å²) in [5.74, 6) is -1.04. The van der Waals surface area contributed by atoms with Gasteiger partial charge in [-0.05, 0) is 31.2 Å². The van der Waals surface area contributed by atoms with E-state index in [1.165, 1.54) is 19.3 Å². The van der Waals surface area contributed by atoms with Gasteiger partial charge >= 0.3 is 6.03 Å². The summed E-state index contributed by atoms with van der Waals surface area (Å²) >= 11 is 0. The lowest BCUT2D eigenvalue weighted by molar-refractivity contribution is -0.133. The van der Waals surface area contributed by atoms with Gasteiger partial charge in [-0.25, -0.2) is 9.78 Å². The summed E-state index contributed by atoms with van der Waals surface area (Å²) in [6.07, 6.45) is 1.40. The highest BCUT2D eigenvalue weighted by Gasteiger charge is 2.52. The van der Waals surface area contributed by atoms with Crippen molar-refractivity contribution in [1.29, 1.82) is 0 Å². The zero-order valence-electron chi connectivity index (χ0n) is 13.7. The molecule has 1 atom stereocenters. The van der Waals surface area contributed by atoms with Gasteiger partial charge in [0.25, 0.3) is 11.8 Å². The number of carbonyl (C=O) groups is 3. The number of aromatic nitrogens is 1. The van der Waals surface area contributed by atoms with Gasteiger partial charge < -0.3 is 9.73 Å². The smallest absolute Gasteiger partial charge is 0.344 e. The molecule has 0 saturated carbocycles. The van der Waals surface area contributed by atoms with Crippen molar-refractivity contribution in [2.24, 2.45) is 0 Å². The number of nitrogens with one attached hydrogen (secondary N) is 2. The third-order valence-corrected chi connectivity index (χ3v) is 4.25. The number of furan rings is 1. The molecular weight excluding hydrogens is 336 g/mol. The van der Waals surface area contributed by atoms with Crippen LogP contribution in [0.3, 0.4) is 0 Å². The van der Waals surface area contributed by atoms with Gasteiger partial charge in [0.15, 0.2) is 5.54 Å². The Labute approximate surface area is 147 Å². The van der Waals surface area contributed by atoms with E-state index >= 15 is 0 Å². The summed E-state index contributed by atoms with van der Waals surface area (Å²) in [4.78, 5) is 41.6. The van der Waals surface area contributed by atoms with E-state index in [0.717, 1.165) is 5.39 Å². The lowest BCUT2D eigenvalue weighted by Crippen LogP contribution is -2.48. The van der Waals surface area contributed by atoms with Gasteiger partial charge in [-0.15, -0.1) is 0 Å². The van der Waals surface area contributed by atoms with Crippen LogP contribution in [0.4, 0.5) is 4.79 Å². The Morgan fingerprint density at radius 1 is 1.15 bits per heavy atom. The predicted molar refractivity (Wildman–Crippen MR) is 90.6 cm³/mol. The molecule has 8 heteroatoms. The molecule has 1 fully saturated rings. The third kappa shape index (κ3) is 2.39. The minimum atomic E-state index is -1.38. The minimum absolute atomic E-state index is 0.0934. The standard InChI is InChI=1S/C18H14N4O4/c1-18(14-7-4-10-26-14)16(24)22(17(25)20-18)21-15(23)13-9-8-11-5-2-3-6-12(11)19-13/h2-10H,1H3,(H,20,25)(H,21,23). The molecule has 130 valence electrons. The molecule has 8 nitrogen and oxygen atoms in total. The number of carbonyl (C=O) groups excluding carboxylic acids is 3. The third-order valence-electron chi connectivity index (χ3n) is 4.25. The van der Waals surface area contributed by atoms with Crippen LogP contribution in [0.5, 0.6) is 0 Å². The molecule has 1 aliphatic heterocycles. The fourth-order valence-electron chi connectivity index (χ4n) is 2.82. The van der Waals surface area contributed by atoms with E-state index in [9.17, 15) is 14.4 Å². The number of rotatable bonds is 3. The average molecular weight is 350 g/mol. The van der Waals surface area contributed by atoms with Crippen molar-refractivity contribution in [3.63, 3.8) is 0 Å². The number of para-hydroxylation sites is 1. The molecule has 4 rings (SSSR count). The SMILES string of the molecule is CC1(c2ccco2)NC(=O)N(NC(=O)c2ccc3ccccc3n2)C1=O. The molecule has 1 unspecified atom stereocenters. The van der Waals surface area contributed by atoms with Crippen molar-refractivity contribution in [2.45, 2.75) is 12.5 Å². The number of hydrogen-bond acceptors (Lipinski definition) is 5. The van der Waals surface area contributed by atoms with Gasteiger partial charge in [0.05, 0.1) is 11.8 Å². The molecule has 2 aromatic heterocycles. The Morgan fingerprint density at radius 2 is 1.96 bits per heavy atom. The highest BCUT2D eigenvalue weighted by Crippen LogP contribution is 2.28. The summed E-state index contributed by atoms with van der Waals surface area (Å²) < 4.78 is 5.24. The van der Waals surface area contributed by atoms with Gasteiger partial charge in [0.2, 0.25) is 0 Å². The number of fused-ring (bicyclic) bond motifs is 1. The van der Waals surface area contributed by atoms with Gasteiger partial charge in [0.1, 0.15) is 11.5 Å². The molecule has 0 aliphatic carbocycles. The van der Waals surface area contributed by atoms with E-state index < -0.39 is 23.4 Å². The highest BCUT2D eigenvalue weighted by molar-refractivity contribution is 6.09. The van der Waals surface area contributed by atoms with E-state index in [0.29, 0.717) is 10.5 Å². The first-order valence-electron chi connectivity index (χ1n) is 7.86. The molecule has 0 radical (unpaired) electrons. The largest absolute Gasteiger partial charge is 0.466 e. The molecule has 1 saturated heterocycles. The number of hydrogen-bond donors (Lipinski definition) is 2. The second-order valence-electron chi connectivity index (χ2n) is 6.00. The molecule has 0 spiro atoms. The monoisotopic (exact) mass is 350 g/mol. The van der Waals surface area contributed by atoms with Crippen LogP contribution in [-0.4, -0.2) is 27.8 Å². The Hall–Kier alpha value is -3.68. The lowest BCUT2D eigenvalue weighted by atomic mass is 10.00. The summed E-state index contributed by atoms with van der Waals surface area (Å²) in [7, 11) is 0. The Kier molecular flexibility index (Phi) is 3.47. The summed E-state index contributed by atoms with van der Waals surface area (Å²) in [6.45, 7) is 1.51. The number of pyridine rings is 1. The molecule has 4 amide bonds. The zero-order chi connectivity index (χ0) is 18.3. The Balaban J connectivity index is 1.59. The fraction of sp³-hybridized carbons (Fsp3) is 0.111. The maximum Gasteiger partial charge on any atom is 0.344 e. The minimum Gasteiger partial charge on any atom is -0.466 e. The maximum absolute atomic E-state index is 12.7. The average Bonchev–Trinajstić information content (AvgIpc) is 3.26. The van der Waals surface area contributed by atoms with Crippen molar-refractivity contribution >= 4 is 28.7 Å². The van der Waals surface area contributed by atoms with Crippen molar-refractivity contribution < 1.29 is 18.8 Å². The Morgan fingerprint density at radius 3 is 2.73 bits per heavy atom. The Bertz CT molecular complexity index is 1030. The van der Waals surface area contributed by atoms with Crippen LogP contribution >= 0.6 is 0 Å². The van der Waals surface area contributed by atoms with Crippen LogP contribution in [0.2, 0.25) is 0 Å². The number of amides is 4. The molecule has 1 aliphatic rings. The number of nitrogens with zero attached hydrogens (tertiary/aromatic N) is 2. The molecule has 2 N–H and O–H groups in total. The van der Waals surface area contributed by atoms with Crippen LogP contribution in [0.1, 0.15) is 23.2 Å². The lowest BCUT2D eigenvalue weighted by Gasteiger charge is -2.19. The van der Waals surface area contributed by atoms with Crippen molar-refractivity contribution in [3.05, 3.63) is 66.2 Å². The van der Waals surface area contributed by atoms with E-state index in [2.05, 4.69) is 15.7 Å². The summed E-state index contributed by atoms with van der Waals surface area (Å²) in [5.41, 5.74) is 1.65. The van der Waals surface area contributed by atoms with Crippen LogP contribution in [0.25, 0.3) is 10.9 Å². The van der Waals surface area contributed by atoms with Crippen molar-refractivity contribution in [2.75, 3.05) is 0 Å². The normalized spacial score (nSPS) is 19.7. The first kappa shape index (κ1) is 15.8. The second-order valence-corrected chi connectivity index (χ2v) is 6.00. The molecule has 3 aromatic rings. The van der Waals surface area contributed by atoms with Gasteiger partial charge in [-0.1, -0.05) is 24.3 Å². The molecular formula is C18H14N4O4. The number of benzene rings is 1. The number of urea groups is 1. The zero-order valence-corrected chi connectivity index (χ0v) is 13.7. The van der Waals surface area contributed by atoms with Crippen molar-refractivity contribution in [3.8, 4) is 0 Å². The molecule has 26 heavy (non-hydrogen) atoms. The number of hydrazine groups is 1.